The van der Waals surface area contributed by atoms with Crippen molar-refractivity contribution < 1.29 is 9.59 Å². The summed E-state index contributed by atoms with van der Waals surface area (Å²) in [5.41, 5.74) is 8.29. The lowest BCUT2D eigenvalue weighted by Crippen LogP contribution is -2.28. The largest absolute Gasteiger partial charge is 0.352 e. The van der Waals surface area contributed by atoms with Crippen molar-refractivity contribution in [2.75, 3.05) is 13.1 Å². The molecule has 0 heterocycles. The fraction of sp³-hybridized carbons (Fsp3) is 0.300. The monoisotopic (exact) mass is 367 g/mol. The summed E-state index contributed by atoms with van der Waals surface area (Å²) in [4.78, 5) is 23.3. The van der Waals surface area contributed by atoms with Crippen LogP contribution in [-0.2, 0) is 11.3 Å². The smallest absolute Gasteiger partial charge is 0.251 e. The predicted molar refractivity (Wildman–Crippen MR) is 105 cm³/mol. The number of nitrogens with one attached hydrogen (secondary N) is 2. The predicted octanol–water partition coefficient (Wildman–Crippen LogP) is 3.21. The van der Waals surface area contributed by atoms with Gasteiger partial charge in [0.2, 0.25) is 5.91 Å². The standard InChI is InChI=1S/C20H25N5O2/c1-2-3-19(26)23-14-15-4-8-17(9-5-15)24-25-18-10-6-16(7-11-18)20(27)22-13-12-21/h4-11H,2-3,12-14,21H2,1H3,(H,22,27)(H,23,26)/b25-24+. The molecule has 27 heavy (non-hydrogen) atoms. The second-order valence-corrected chi connectivity index (χ2v) is 5.98. The molecule has 0 aromatic heterocycles. The Morgan fingerprint density at radius 2 is 1.52 bits per heavy atom. The van der Waals surface area contributed by atoms with Gasteiger partial charge in [0.1, 0.15) is 0 Å². The van der Waals surface area contributed by atoms with E-state index in [0.717, 1.165) is 12.0 Å². The zero-order valence-corrected chi connectivity index (χ0v) is 15.4. The Hall–Kier alpha value is -3.06. The van der Waals surface area contributed by atoms with Gasteiger partial charge in [-0.3, -0.25) is 9.59 Å². The topological polar surface area (TPSA) is 109 Å². The molecule has 0 unspecified atom stereocenters. The van der Waals surface area contributed by atoms with E-state index in [9.17, 15) is 9.59 Å². The van der Waals surface area contributed by atoms with Crippen LogP contribution in [0.4, 0.5) is 11.4 Å². The average Bonchev–Trinajstić information content (AvgIpc) is 2.70. The van der Waals surface area contributed by atoms with E-state index in [1.54, 1.807) is 24.3 Å². The van der Waals surface area contributed by atoms with Gasteiger partial charge in [-0.25, -0.2) is 0 Å². The fourth-order valence-electron chi connectivity index (χ4n) is 2.28. The van der Waals surface area contributed by atoms with Crippen molar-refractivity contribution in [1.82, 2.24) is 10.6 Å². The maximum atomic E-state index is 11.8. The zero-order chi connectivity index (χ0) is 19.5. The molecule has 2 rings (SSSR count). The Labute approximate surface area is 159 Å². The lowest BCUT2D eigenvalue weighted by Gasteiger charge is -2.04. The van der Waals surface area contributed by atoms with Crippen molar-refractivity contribution >= 4 is 23.2 Å². The van der Waals surface area contributed by atoms with Gasteiger partial charge in [0, 0.05) is 31.6 Å². The first-order chi connectivity index (χ1) is 13.1. The van der Waals surface area contributed by atoms with E-state index in [0.29, 0.717) is 43.0 Å². The molecule has 0 atom stereocenters. The Kier molecular flexibility index (Phi) is 8.12. The highest BCUT2D eigenvalue weighted by Gasteiger charge is 2.04. The van der Waals surface area contributed by atoms with E-state index >= 15 is 0 Å². The van der Waals surface area contributed by atoms with Gasteiger partial charge in [0.15, 0.2) is 0 Å². The first-order valence-corrected chi connectivity index (χ1v) is 8.98. The Morgan fingerprint density at radius 3 is 2.07 bits per heavy atom. The van der Waals surface area contributed by atoms with Crippen LogP contribution in [0, 0.1) is 0 Å². The molecule has 0 spiro atoms. The number of amides is 2. The van der Waals surface area contributed by atoms with Crippen LogP contribution in [0.15, 0.2) is 58.8 Å². The van der Waals surface area contributed by atoms with E-state index in [1.165, 1.54) is 0 Å². The van der Waals surface area contributed by atoms with Gasteiger partial charge in [-0.1, -0.05) is 19.1 Å². The average molecular weight is 367 g/mol. The van der Waals surface area contributed by atoms with Crippen LogP contribution in [0.25, 0.3) is 0 Å². The first-order valence-electron chi connectivity index (χ1n) is 8.98. The summed E-state index contributed by atoms with van der Waals surface area (Å²) in [5, 5.41) is 13.9. The third-order valence-electron chi connectivity index (χ3n) is 3.74. The van der Waals surface area contributed by atoms with Crippen molar-refractivity contribution in [3.63, 3.8) is 0 Å². The molecule has 7 heteroatoms. The highest BCUT2D eigenvalue weighted by atomic mass is 16.2. The molecular formula is C20H25N5O2. The van der Waals surface area contributed by atoms with Crippen molar-refractivity contribution in [2.24, 2.45) is 16.0 Å². The Balaban J connectivity index is 1.89. The molecule has 2 amide bonds. The number of benzene rings is 2. The minimum absolute atomic E-state index is 0.0569. The van der Waals surface area contributed by atoms with Crippen molar-refractivity contribution in [3.8, 4) is 0 Å². The number of nitrogens with two attached hydrogens (primary N) is 1. The highest BCUT2D eigenvalue weighted by molar-refractivity contribution is 5.94. The Bertz CT molecular complexity index is 770. The number of nitrogens with zero attached hydrogens (tertiary/aromatic N) is 2. The van der Waals surface area contributed by atoms with Crippen LogP contribution in [0.3, 0.4) is 0 Å². The van der Waals surface area contributed by atoms with Crippen molar-refractivity contribution in [2.45, 2.75) is 26.3 Å². The SMILES string of the molecule is CCCC(=O)NCc1ccc(/N=N/c2ccc(C(=O)NCCN)cc2)cc1. The number of hydrogen-bond acceptors (Lipinski definition) is 5. The van der Waals surface area contributed by atoms with Gasteiger partial charge >= 0.3 is 0 Å². The molecule has 0 saturated heterocycles. The molecule has 4 N–H and O–H groups in total. The molecule has 0 bridgehead atoms. The second kappa shape index (κ2) is 10.8. The fourth-order valence-corrected chi connectivity index (χ4v) is 2.28. The third kappa shape index (κ3) is 6.99. The van der Waals surface area contributed by atoms with Crippen LogP contribution >= 0.6 is 0 Å². The highest BCUT2D eigenvalue weighted by Crippen LogP contribution is 2.19. The van der Waals surface area contributed by atoms with E-state index < -0.39 is 0 Å². The van der Waals surface area contributed by atoms with E-state index in [-0.39, 0.29) is 11.8 Å². The van der Waals surface area contributed by atoms with E-state index in [1.807, 2.05) is 31.2 Å². The maximum absolute atomic E-state index is 11.8. The quantitative estimate of drug-likeness (QED) is 0.592. The minimum Gasteiger partial charge on any atom is -0.352 e. The Morgan fingerprint density at radius 1 is 0.926 bits per heavy atom. The lowest BCUT2D eigenvalue weighted by atomic mass is 10.2. The summed E-state index contributed by atoms with van der Waals surface area (Å²) in [6.45, 7) is 3.33. The van der Waals surface area contributed by atoms with Gasteiger partial charge < -0.3 is 16.4 Å². The van der Waals surface area contributed by atoms with Crippen LogP contribution in [0.2, 0.25) is 0 Å². The summed E-state index contributed by atoms with van der Waals surface area (Å²) >= 11 is 0. The molecule has 2 aromatic rings. The molecule has 0 radical (unpaired) electrons. The second-order valence-electron chi connectivity index (χ2n) is 5.98. The van der Waals surface area contributed by atoms with Crippen LogP contribution in [-0.4, -0.2) is 24.9 Å². The van der Waals surface area contributed by atoms with E-state index in [2.05, 4.69) is 20.9 Å². The summed E-state index contributed by atoms with van der Waals surface area (Å²) in [6, 6.07) is 14.4. The number of carbonyl (C=O) groups excluding carboxylic acids is 2. The molecule has 2 aromatic carbocycles. The summed E-state index contributed by atoms with van der Waals surface area (Å²) in [5.74, 6) is -0.105. The third-order valence-corrected chi connectivity index (χ3v) is 3.74. The molecule has 0 saturated carbocycles. The number of carbonyl (C=O) groups is 2. The number of rotatable bonds is 9. The molecular weight excluding hydrogens is 342 g/mol. The zero-order valence-electron chi connectivity index (χ0n) is 15.4. The summed E-state index contributed by atoms with van der Waals surface area (Å²) in [7, 11) is 0. The van der Waals surface area contributed by atoms with Gasteiger partial charge in [-0.05, 0) is 48.4 Å². The van der Waals surface area contributed by atoms with Gasteiger partial charge in [0.25, 0.3) is 5.91 Å². The van der Waals surface area contributed by atoms with E-state index in [4.69, 9.17) is 5.73 Å². The molecule has 0 fully saturated rings. The van der Waals surface area contributed by atoms with Crippen LogP contribution in [0.1, 0.15) is 35.7 Å². The molecule has 7 nitrogen and oxygen atoms in total. The number of azo groups is 1. The van der Waals surface area contributed by atoms with Crippen molar-refractivity contribution in [3.05, 3.63) is 59.7 Å². The molecule has 0 aliphatic carbocycles. The van der Waals surface area contributed by atoms with Crippen molar-refractivity contribution in [1.29, 1.82) is 0 Å². The van der Waals surface area contributed by atoms with Gasteiger partial charge in [-0.2, -0.15) is 10.2 Å². The first kappa shape index (κ1) is 20.3. The van der Waals surface area contributed by atoms with Crippen LogP contribution < -0.4 is 16.4 Å². The van der Waals surface area contributed by atoms with Gasteiger partial charge in [-0.15, -0.1) is 0 Å². The lowest BCUT2D eigenvalue weighted by molar-refractivity contribution is -0.121. The van der Waals surface area contributed by atoms with Crippen LogP contribution in [0.5, 0.6) is 0 Å². The molecule has 0 aliphatic heterocycles. The summed E-state index contributed by atoms with van der Waals surface area (Å²) < 4.78 is 0. The molecule has 142 valence electrons. The minimum atomic E-state index is -0.162. The van der Waals surface area contributed by atoms with Gasteiger partial charge in [0.05, 0.1) is 11.4 Å². The normalized spacial score (nSPS) is 10.7. The number of hydrogen-bond donors (Lipinski definition) is 3. The molecule has 0 aliphatic rings. The maximum Gasteiger partial charge on any atom is 0.251 e. The summed E-state index contributed by atoms with van der Waals surface area (Å²) in [6.07, 6.45) is 1.38.